The topological polar surface area (TPSA) is 96.1 Å². The number of pyridine rings is 1. The van der Waals surface area contributed by atoms with E-state index in [9.17, 15) is 9.59 Å². The number of carbonyl (C=O) groups is 1. The van der Waals surface area contributed by atoms with Gasteiger partial charge in [-0.1, -0.05) is 0 Å². The first kappa shape index (κ1) is 30.6. The first-order valence-corrected chi connectivity index (χ1v) is 15.7. The Hall–Kier alpha value is -2.88. The number of hydrogen-bond acceptors (Lipinski definition) is 7. The minimum Gasteiger partial charge on any atom is -0.490 e. The molecule has 3 fully saturated rings. The molecule has 2 aliphatic heterocycles. The van der Waals surface area contributed by atoms with Gasteiger partial charge in [0.05, 0.1) is 12.2 Å². The molecule has 1 amide bonds. The molecule has 3 heterocycles. The van der Waals surface area contributed by atoms with E-state index in [0.29, 0.717) is 23.2 Å². The Morgan fingerprint density at radius 1 is 1.10 bits per heavy atom. The van der Waals surface area contributed by atoms with E-state index < -0.39 is 0 Å². The number of hydrogen-bond donors (Lipinski definition) is 2. The SMILES string of the molecule is CCN(c1cc(OC2CC(N3C[C@@H](C)O[C@@H](C)C3)C2)cc(C(=O)NCc2c(C)cc(C)[nH]c2=O)c1C)C1CCOCC1. The van der Waals surface area contributed by atoms with Crippen LogP contribution in [0.15, 0.2) is 23.0 Å². The molecule has 0 unspecified atom stereocenters. The maximum absolute atomic E-state index is 13.7. The van der Waals surface area contributed by atoms with Crippen LogP contribution in [0, 0.1) is 20.8 Å². The molecular formula is C33H48N4O5. The molecule has 42 heavy (non-hydrogen) atoms. The van der Waals surface area contributed by atoms with Crippen molar-refractivity contribution in [1.29, 1.82) is 0 Å². The maximum atomic E-state index is 13.7. The van der Waals surface area contributed by atoms with Gasteiger partial charge in [-0.05, 0) is 77.6 Å². The average molecular weight is 581 g/mol. The second-order valence-electron chi connectivity index (χ2n) is 12.4. The van der Waals surface area contributed by atoms with Crippen molar-refractivity contribution < 1.29 is 19.0 Å². The molecule has 1 aromatic carbocycles. The monoisotopic (exact) mass is 580 g/mol. The first-order chi connectivity index (χ1) is 20.1. The normalized spacial score (nSPS) is 25.1. The van der Waals surface area contributed by atoms with E-state index >= 15 is 0 Å². The van der Waals surface area contributed by atoms with Gasteiger partial charge in [-0.15, -0.1) is 0 Å². The predicted octanol–water partition coefficient (Wildman–Crippen LogP) is 4.25. The zero-order valence-electron chi connectivity index (χ0n) is 26.1. The molecule has 1 aliphatic carbocycles. The molecule has 2 aromatic rings. The van der Waals surface area contributed by atoms with Crippen LogP contribution in [0.5, 0.6) is 5.75 Å². The van der Waals surface area contributed by atoms with Gasteiger partial charge in [0, 0.05) is 92.9 Å². The third-order valence-corrected chi connectivity index (χ3v) is 9.14. The molecule has 230 valence electrons. The Morgan fingerprint density at radius 3 is 2.43 bits per heavy atom. The number of rotatable bonds is 9. The van der Waals surface area contributed by atoms with E-state index in [-0.39, 0.29) is 36.3 Å². The number of nitrogens with one attached hydrogen (secondary N) is 2. The van der Waals surface area contributed by atoms with Crippen LogP contribution in [0.25, 0.3) is 0 Å². The van der Waals surface area contributed by atoms with Gasteiger partial charge >= 0.3 is 0 Å². The lowest BCUT2D eigenvalue weighted by Crippen LogP contribution is -2.56. The van der Waals surface area contributed by atoms with Crippen LogP contribution >= 0.6 is 0 Å². The summed E-state index contributed by atoms with van der Waals surface area (Å²) >= 11 is 0. The predicted molar refractivity (Wildman–Crippen MR) is 165 cm³/mol. The second kappa shape index (κ2) is 13.2. The van der Waals surface area contributed by atoms with Crippen molar-refractivity contribution in [1.82, 2.24) is 15.2 Å². The molecule has 0 radical (unpaired) electrons. The quantitative estimate of drug-likeness (QED) is 0.458. The molecular weight excluding hydrogens is 532 g/mol. The molecule has 2 N–H and O–H groups in total. The highest BCUT2D eigenvalue weighted by Crippen LogP contribution is 2.36. The van der Waals surface area contributed by atoms with Crippen LogP contribution in [0.3, 0.4) is 0 Å². The van der Waals surface area contributed by atoms with Crippen molar-refractivity contribution in [2.75, 3.05) is 37.7 Å². The molecule has 0 bridgehead atoms. The Morgan fingerprint density at radius 2 is 1.79 bits per heavy atom. The molecule has 0 spiro atoms. The number of nitrogens with zero attached hydrogens (tertiary/aromatic N) is 2. The van der Waals surface area contributed by atoms with Gasteiger partial charge in [0.25, 0.3) is 11.5 Å². The highest BCUT2D eigenvalue weighted by atomic mass is 16.5. The number of benzene rings is 1. The van der Waals surface area contributed by atoms with Crippen LogP contribution in [0.1, 0.15) is 79.2 Å². The second-order valence-corrected chi connectivity index (χ2v) is 12.4. The van der Waals surface area contributed by atoms with Crippen molar-refractivity contribution in [3.8, 4) is 5.75 Å². The molecule has 5 rings (SSSR count). The number of anilines is 1. The van der Waals surface area contributed by atoms with Crippen molar-refractivity contribution in [2.24, 2.45) is 0 Å². The summed E-state index contributed by atoms with van der Waals surface area (Å²) in [6, 6.07) is 6.77. The highest BCUT2D eigenvalue weighted by molar-refractivity contribution is 5.97. The smallest absolute Gasteiger partial charge is 0.253 e. The number of ether oxygens (including phenoxy) is 3. The van der Waals surface area contributed by atoms with Gasteiger partial charge in [0.15, 0.2) is 0 Å². The van der Waals surface area contributed by atoms with E-state index in [4.69, 9.17) is 14.2 Å². The summed E-state index contributed by atoms with van der Waals surface area (Å²) in [5.74, 6) is 0.521. The van der Waals surface area contributed by atoms with Crippen LogP contribution in [0.2, 0.25) is 0 Å². The van der Waals surface area contributed by atoms with Crippen LogP contribution in [-0.4, -0.2) is 79.0 Å². The lowest BCUT2D eigenvalue weighted by molar-refractivity contribution is -0.103. The van der Waals surface area contributed by atoms with Gasteiger partial charge < -0.3 is 29.4 Å². The van der Waals surface area contributed by atoms with Gasteiger partial charge in [-0.25, -0.2) is 0 Å². The molecule has 9 heteroatoms. The fraction of sp³-hybridized carbons (Fsp3) is 0.636. The molecule has 9 nitrogen and oxygen atoms in total. The first-order valence-electron chi connectivity index (χ1n) is 15.7. The Kier molecular flexibility index (Phi) is 9.60. The maximum Gasteiger partial charge on any atom is 0.253 e. The largest absolute Gasteiger partial charge is 0.490 e. The molecule has 2 saturated heterocycles. The van der Waals surface area contributed by atoms with Crippen molar-refractivity contribution in [3.05, 3.63) is 56.5 Å². The molecule has 2 atom stereocenters. The number of aromatic amines is 1. The summed E-state index contributed by atoms with van der Waals surface area (Å²) in [6.07, 6.45) is 4.46. The summed E-state index contributed by atoms with van der Waals surface area (Å²) < 4.78 is 18.1. The summed E-state index contributed by atoms with van der Waals surface area (Å²) in [4.78, 5) is 34.0. The van der Waals surface area contributed by atoms with E-state index in [2.05, 4.69) is 46.9 Å². The molecule has 1 aromatic heterocycles. The van der Waals surface area contributed by atoms with Gasteiger partial charge in [0.2, 0.25) is 0 Å². The van der Waals surface area contributed by atoms with E-state index in [1.165, 1.54) is 0 Å². The van der Waals surface area contributed by atoms with E-state index in [1.807, 2.05) is 32.9 Å². The summed E-state index contributed by atoms with van der Waals surface area (Å²) in [5.41, 5.74) is 4.62. The van der Waals surface area contributed by atoms with Crippen molar-refractivity contribution in [3.63, 3.8) is 0 Å². The van der Waals surface area contributed by atoms with Gasteiger partial charge in [0.1, 0.15) is 11.9 Å². The number of aryl methyl sites for hydroxylation is 2. The highest BCUT2D eigenvalue weighted by Gasteiger charge is 2.38. The summed E-state index contributed by atoms with van der Waals surface area (Å²) in [7, 11) is 0. The Balaban J connectivity index is 1.36. The van der Waals surface area contributed by atoms with Crippen molar-refractivity contribution >= 4 is 11.6 Å². The minimum absolute atomic E-state index is 0.113. The number of aromatic nitrogens is 1. The molecule has 1 saturated carbocycles. The zero-order valence-corrected chi connectivity index (χ0v) is 26.1. The van der Waals surface area contributed by atoms with Crippen LogP contribution in [0.4, 0.5) is 5.69 Å². The minimum atomic E-state index is -0.204. The number of H-pyrrole nitrogens is 1. The standard InChI is InChI=1S/C33H48N4O5/c1-7-37(25-8-10-40-11-9-25)31-16-28(42-27-13-26(14-27)36-18-22(4)41-23(5)19-36)15-29(24(31)6)32(38)34-17-30-20(2)12-21(3)35-33(30)39/h12,15-16,22-23,25-27H,7-11,13-14,17-19H2,1-6H3,(H,34,38)(H,35,39)/t22-,23+,26?,27?. The van der Waals surface area contributed by atoms with Gasteiger partial charge in [-0.3, -0.25) is 14.5 Å². The molecule has 3 aliphatic rings. The Bertz CT molecular complexity index is 1300. The lowest BCUT2D eigenvalue weighted by atomic mass is 9.87. The summed E-state index contributed by atoms with van der Waals surface area (Å²) in [5, 5.41) is 3.02. The Labute approximate surface area is 249 Å². The number of amides is 1. The van der Waals surface area contributed by atoms with Crippen LogP contribution < -0.4 is 20.5 Å². The van der Waals surface area contributed by atoms with E-state index in [1.54, 1.807) is 0 Å². The van der Waals surface area contributed by atoms with Crippen LogP contribution in [-0.2, 0) is 16.0 Å². The fourth-order valence-electron chi connectivity index (χ4n) is 6.90. The van der Waals surface area contributed by atoms with Crippen molar-refractivity contribution in [2.45, 2.75) is 104 Å². The third-order valence-electron chi connectivity index (χ3n) is 9.14. The lowest BCUT2D eigenvalue weighted by Gasteiger charge is -2.47. The average Bonchev–Trinajstić information content (AvgIpc) is 2.91. The summed E-state index contributed by atoms with van der Waals surface area (Å²) in [6.45, 7) is 16.6. The fourth-order valence-corrected chi connectivity index (χ4v) is 6.90. The number of morpholine rings is 1. The van der Waals surface area contributed by atoms with E-state index in [0.717, 1.165) is 86.8 Å². The van der Waals surface area contributed by atoms with Gasteiger partial charge in [-0.2, -0.15) is 0 Å². The third kappa shape index (κ3) is 6.84. The zero-order chi connectivity index (χ0) is 30.0. The number of carbonyl (C=O) groups excluding carboxylic acids is 1.